The zero-order chi connectivity index (χ0) is 30.7. The Kier molecular flexibility index (Phi) is 9.00. The predicted molar refractivity (Wildman–Crippen MR) is 169 cm³/mol. The molecule has 5 rings (SSSR count). The zero-order valence-corrected chi connectivity index (χ0v) is 26.0. The second kappa shape index (κ2) is 12.7. The van der Waals surface area contributed by atoms with E-state index in [0.29, 0.717) is 32.0 Å². The van der Waals surface area contributed by atoms with E-state index in [9.17, 15) is 13.2 Å². The lowest BCUT2D eigenvalue weighted by Crippen LogP contribution is -2.36. The number of fused-ring (bicyclic) bond motifs is 1. The number of hydrogen-bond acceptors (Lipinski definition) is 9. The van der Waals surface area contributed by atoms with E-state index in [1.54, 1.807) is 17.9 Å². The molecule has 0 radical (unpaired) electrons. The minimum absolute atomic E-state index is 0.0185. The van der Waals surface area contributed by atoms with Crippen LogP contribution in [0, 0.1) is 0 Å². The normalized spacial score (nSPS) is 14.0. The number of anilines is 2. The van der Waals surface area contributed by atoms with Gasteiger partial charge in [0.25, 0.3) is 5.91 Å². The van der Waals surface area contributed by atoms with Gasteiger partial charge < -0.3 is 19.3 Å². The van der Waals surface area contributed by atoms with Gasteiger partial charge in [0, 0.05) is 45.2 Å². The number of carbonyl (C=O) groups excluding carboxylic acids is 1. The molecule has 228 valence electrons. The van der Waals surface area contributed by atoms with Gasteiger partial charge in [-0.15, -0.1) is 0 Å². The fourth-order valence-corrected chi connectivity index (χ4v) is 5.63. The average molecular weight is 607 g/mol. The smallest absolute Gasteiger partial charge is 0.283 e. The molecule has 43 heavy (non-hydrogen) atoms. The summed E-state index contributed by atoms with van der Waals surface area (Å²) in [7, 11) is -0.147. The topological polar surface area (TPSA) is 119 Å². The first-order chi connectivity index (χ1) is 20.6. The molecule has 1 saturated heterocycles. The van der Waals surface area contributed by atoms with Gasteiger partial charge in [-0.3, -0.25) is 4.79 Å². The number of ether oxygens (including phenoxy) is 2. The molecule has 1 aliphatic heterocycles. The third-order valence-electron chi connectivity index (χ3n) is 7.42. The summed E-state index contributed by atoms with van der Waals surface area (Å²) >= 11 is 0. The molecule has 2 aromatic heterocycles. The number of likely N-dealkylation sites (N-methyl/N-ethyl adjacent to an activating group) is 1. The standard InChI is InChI=1S/C31H38N6O5S/c1-21(2)29-28-26(22-9-11-23(12-10-22)36-14-17-42-18-15-36)20-27(31(38)34-43(5,39)40)32-30(28)37(33-29)25-8-6-7-24(19-25)35(3)13-16-41-4/h6-12,19-21H,13-18H2,1-5H3,(H,34,38). The van der Waals surface area contributed by atoms with Crippen molar-refractivity contribution in [3.8, 4) is 16.8 Å². The number of benzene rings is 2. The van der Waals surface area contributed by atoms with E-state index in [4.69, 9.17) is 19.6 Å². The quantitative estimate of drug-likeness (QED) is 0.287. The molecule has 1 aliphatic rings. The number of morpholine rings is 1. The van der Waals surface area contributed by atoms with Gasteiger partial charge in [0.05, 0.1) is 42.8 Å². The van der Waals surface area contributed by atoms with Gasteiger partial charge in [-0.1, -0.05) is 32.0 Å². The van der Waals surface area contributed by atoms with Gasteiger partial charge in [0.1, 0.15) is 5.69 Å². The van der Waals surface area contributed by atoms with Crippen LogP contribution in [-0.4, -0.2) is 89.0 Å². The summed E-state index contributed by atoms with van der Waals surface area (Å²) in [6.07, 6.45) is 0.946. The highest BCUT2D eigenvalue weighted by Crippen LogP contribution is 2.36. The number of hydrogen-bond donors (Lipinski definition) is 1. The predicted octanol–water partition coefficient (Wildman–Crippen LogP) is 3.82. The molecule has 0 aliphatic carbocycles. The average Bonchev–Trinajstić information content (AvgIpc) is 3.39. The van der Waals surface area contributed by atoms with Gasteiger partial charge in [-0.05, 0) is 53.4 Å². The van der Waals surface area contributed by atoms with Crippen molar-refractivity contribution < 1.29 is 22.7 Å². The summed E-state index contributed by atoms with van der Waals surface area (Å²) < 4.78 is 38.5. The van der Waals surface area contributed by atoms with Crippen LogP contribution in [-0.2, 0) is 19.5 Å². The zero-order valence-electron chi connectivity index (χ0n) is 25.2. The van der Waals surface area contributed by atoms with Gasteiger partial charge in [0.2, 0.25) is 10.0 Å². The summed E-state index contributed by atoms with van der Waals surface area (Å²) in [5.41, 5.74) is 5.70. The van der Waals surface area contributed by atoms with Crippen LogP contribution in [0.2, 0.25) is 0 Å². The van der Waals surface area contributed by atoms with Crippen molar-refractivity contribution in [1.29, 1.82) is 0 Å². The van der Waals surface area contributed by atoms with Crippen molar-refractivity contribution in [2.75, 3.05) is 69.7 Å². The van der Waals surface area contributed by atoms with E-state index >= 15 is 0 Å². The number of nitrogens with one attached hydrogen (secondary N) is 1. The van der Waals surface area contributed by atoms with Crippen molar-refractivity contribution in [1.82, 2.24) is 19.5 Å². The molecule has 0 atom stereocenters. The maximum Gasteiger partial charge on any atom is 0.283 e. The molecule has 11 nitrogen and oxygen atoms in total. The van der Waals surface area contributed by atoms with Crippen molar-refractivity contribution in [3.05, 3.63) is 66.0 Å². The summed E-state index contributed by atoms with van der Waals surface area (Å²) in [4.78, 5) is 22.2. The Morgan fingerprint density at radius 2 is 1.81 bits per heavy atom. The van der Waals surface area contributed by atoms with Crippen LogP contribution in [0.4, 0.5) is 11.4 Å². The molecule has 0 saturated carbocycles. The second-order valence-electron chi connectivity index (χ2n) is 11.0. The van der Waals surface area contributed by atoms with Crippen molar-refractivity contribution in [2.24, 2.45) is 0 Å². The highest BCUT2D eigenvalue weighted by molar-refractivity contribution is 7.89. The first-order valence-corrected chi connectivity index (χ1v) is 16.1. The lowest BCUT2D eigenvalue weighted by molar-refractivity contribution is 0.0977. The Morgan fingerprint density at radius 1 is 1.09 bits per heavy atom. The number of nitrogens with zero attached hydrogens (tertiary/aromatic N) is 5. The number of amides is 1. The Labute approximate surface area is 252 Å². The van der Waals surface area contributed by atoms with Gasteiger partial charge in [0.15, 0.2) is 5.65 Å². The first-order valence-electron chi connectivity index (χ1n) is 14.2. The maximum absolute atomic E-state index is 13.2. The molecule has 1 fully saturated rings. The highest BCUT2D eigenvalue weighted by atomic mass is 32.2. The number of sulfonamides is 1. The van der Waals surface area contributed by atoms with Crippen LogP contribution in [0.25, 0.3) is 27.8 Å². The van der Waals surface area contributed by atoms with Crippen LogP contribution in [0.5, 0.6) is 0 Å². The van der Waals surface area contributed by atoms with Gasteiger partial charge in [-0.25, -0.2) is 22.8 Å². The van der Waals surface area contributed by atoms with E-state index in [1.807, 2.05) is 43.4 Å². The summed E-state index contributed by atoms with van der Waals surface area (Å²) in [5, 5.41) is 5.82. The minimum atomic E-state index is -3.81. The van der Waals surface area contributed by atoms with E-state index in [1.165, 1.54) is 0 Å². The van der Waals surface area contributed by atoms with Crippen LogP contribution in [0.1, 0.15) is 35.9 Å². The van der Waals surface area contributed by atoms with E-state index in [-0.39, 0.29) is 11.6 Å². The number of aromatic nitrogens is 3. The Bertz CT molecular complexity index is 1710. The molecular weight excluding hydrogens is 568 g/mol. The Morgan fingerprint density at radius 3 is 2.47 bits per heavy atom. The molecule has 1 amide bonds. The van der Waals surface area contributed by atoms with Crippen LogP contribution < -0.4 is 14.5 Å². The Balaban J connectivity index is 1.69. The lowest BCUT2D eigenvalue weighted by Gasteiger charge is -2.29. The molecule has 12 heteroatoms. The molecule has 2 aromatic carbocycles. The summed E-state index contributed by atoms with van der Waals surface area (Å²) in [6, 6.07) is 17.7. The fourth-order valence-electron chi connectivity index (χ4n) is 5.18. The number of carbonyl (C=O) groups is 1. The number of rotatable bonds is 10. The molecule has 1 N–H and O–H groups in total. The van der Waals surface area contributed by atoms with Crippen molar-refractivity contribution >= 4 is 38.3 Å². The van der Waals surface area contributed by atoms with Crippen molar-refractivity contribution in [2.45, 2.75) is 19.8 Å². The van der Waals surface area contributed by atoms with Crippen LogP contribution in [0.15, 0.2) is 54.6 Å². The molecule has 0 spiro atoms. The van der Waals surface area contributed by atoms with Gasteiger partial charge in [-0.2, -0.15) is 5.10 Å². The Hall–Kier alpha value is -4.00. The SMILES string of the molecule is COCCN(C)c1cccc(-n2nc(C(C)C)c3c(-c4ccc(N5CCOCC5)cc4)cc(C(=O)NS(C)(=O)=O)nc32)c1. The van der Waals surface area contributed by atoms with E-state index in [0.717, 1.165) is 58.6 Å². The molecule has 0 unspecified atom stereocenters. The van der Waals surface area contributed by atoms with Crippen molar-refractivity contribution in [3.63, 3.8) is 0 Å². The fraction of sp³-hybridized carbons (Fsp3) is 0.387. The number of methoxy groups -OCH3 is 1. The van der Waals surface area contributed by atoms with Gasteiger partial charge >= 0.3 is 0 Å². The molecule has 3 heterocycles. The van der Waals surface area contributed by atoms with E-state index in [2.05, 4.69) is 40.5 Å². The monoisotopic (exact) mass is 606 g/mol. The summed E-state index contributed by atoms with van der Waals surface area (Å²) in [5.74, 6) is -0.761. The minimum Gasteiger partial charge on any atom is -0.383 e. The maximum atomic E-state index is 13.2. The third-order valence-corrected chi connectivity index (χ3v) is 7.98. The molecule has 4 aromatic rings. The number of pyridine rings is 1. The second-order valence-corrected chi connectivity index (χ2v) is 12.7. The first kappa shape index (κ1) is 30.5. The van der Waals surface area contributed by atoms with E-state index < -0.39 is 15.9 Å². The molecular formula is C31H38N6O5S. The molecule has 0 bridgehead atoms. The van der Waals surface area contributed by atoms with Crippen LogP contribution >= 0.6 is 0 Å². The lowest BCUT2D eigenvalue weighted by atomic mass is 9.97. The summed E-state index contributed by atoms with van der Waals surface area (Å²) in [6.45, 7) is 8.43. The largest absolute Gasteiger partial charge is 0.383 e. The highest BCUT2D eigenvalue weighted by Gasteiger charge is 2.24. The van der Waals surface area contributed by atoms with Crippen LogP contribution in [0.3, 0.4) is 0 Å². The third kappa shape index (κ3) is 6.82.